The van der Waals surface area contributed by atoms with Crippen molar-refractivity contribution in [1.29, 1.82) is 0 Å². The molecule has 1 amide bonds. The summed E-state index contributed by atoms with van der Waals surface area (Å²) in [7, 11) is 4.57. The number of rotatable bonds is 6. The summed E-state index contributed by atoms with van der Waals surface area (Å²) in [5.74, 6) is 1.09. The van der Waals surface area contributed by atoms with Crippen molar-refractivity contribution in [2.75, 3.05) is 26.6 Å². The second kappa shape index (κ2) is 8.65. The molecule has 0 saturated carbocycles. The van der Waals surface area contributed by atoms with Crippen LogP contribution in [0.4, 0.5) is 5.69 Å². The van der Waals surface area contributed by atoms with Gasteiger partial charge in [0, 0.05) is 16.7 Å². The van der Waals surface area contributed by atoms with Crippen LogP contribution < -0.4 is 19.5 Å². The molecule has 0 aromatic heterocycles. The lowest BCUT2D eigenvalue weighted by atomic mass is 10.1. The van der Waals surface area contributed by atoms with Crippen LogP contribution in [0.2, 0.25) is 10.0 Å². The van der Waals surface area contributed by atoms with E-state index in [1.54, 1.807) is 36.4 Å². The summed E-state index contributed by atoms with van der Waals surface area (Å²) in [5.41, 5.74) is 1.09. The lowest BCUT2D eigenvalue weighted by Gasteiger charge is -2.14. The Hall–Kier alpha value is -2.37. The van der Waals surface area contributed by atoms with Gasteiger partial charge in [0.15, 0.2) is 11.5 Å². The zero-order chi connectivity index (χ0) is 18.4. The van der Waals surface area contributed by atoms with Crippen LogP contribution in [0.25, 0.3) is 6.08 Å². The van der Waals surface area contributed by atoms with Gasteiger partial charge in [0.2, 0.25) is 11.7 Å². The van der Waals surface area contributed by atoms with Gasteiger partial charge >= 0.3 is 0 Å². The Morgan fingerprint density at radius 3 is 2.36 bits per heavy atom. The van der Waals surface area contributed by atoms with Crippen molar-refractivity contribution in [2.45, 2.75) is 0 Å². The van der Waals surface area contributed by atoms with Crippen LogP contribution in [-0.2, 0) is 4.79 Å². The lowest BCUT2D eigenvalue weighted by Crippen LogP contribution is -2.08. The average molecular weight is 382 g/mol. The maximum atomic E-state index is 12.1. The number of nitrogens with one attached hydrogen (secondary N) is 1. The summed E-state index contributed by atoms with van der Waals surface area (Å²) in [6, 6.07) is 8.32. The summed E-state index contributed by atoms with van der Waals surface area (Å²) in [5, 5.41) is 3.55. The van der Waals surface area contributed by atoms with E-state index in [1.165, 1.54) is 27.4 Å². The number of halogens is 2. The third-order valence-electron chi connectivity index (χ3n) is 3.34. The number of hydrogen-bond donors (Lipinski definition) is 1. The van der Waals surface area contributed by atoms with E-state index in [-0.39, 0.29) is 5.91 Å². The molecular formula is C18H17Cl2NO4. The van der Waals surface area contributed by atoms with Crippen molar-refractivity contribution >= 4 is 40.9 Å². The molecule has 0 atom stereocenters. The molecule has 25 heavy (non-hydrogen) atoms. The second-order valence-corrected chi connectivity index (χ2v) is 5.71. The number of benzene rings is 2. The van der Waals surface area contributed by atoms with Gasteiger partial charge in [-0.15, -0.1) is 0 Å². The molecule has 2 aromatic rings. The molecule has 5 nitrogen and oxygen atoms in total. The molecule has 1 N–H and O–H groups in total. The largest absolute Gasteiger partial charge is 0.493 e. The maximum absolute atomic E-state index is 12.1. The molecule has 132 valence electrons. The third kappa shape index (κ3) is 4.59. The molecule has 2 rings (SSSR count). The van der Waals surface area contributed by atoms with E-state index >= 15 is 0 Å². The number of ether oxygens (including phenoxy) is 3. The smallest absolute Gasteiger partial charge is 0.248 e. The van der Waals surface area contributed by atoms with E-state index < -0.39 is 0 Å². The predicted molar refractivity (Wildman–Crippen MR) is 100 cm³/mol. The summed E-state index contributed by atoms with van der Waals surface area (Å²) in [4.78, 5) is 12.1. The highest BCUT2D eigenvalue weighted by atomic mass is 35.5. The summed E-state index contributed by atoms with van der Waals surface area (Å²) >= 11 is 11.9. The van der Waals surface area contributed by atoms with E-state index in [9.17, 15) is 4.79 Å². The van der Waals surface area contributed by atoms with E-state index in [0.717, 1.165) is 0 Å². The Bertz CT molecular complexity index is 806. The van der Waals surface area contributed by atoms with Crippen molar-refractivity contribution in [3.63, 3.8) is 0 Å². The van der Waals surface area contributed by atoms with Crippen LogP contribution in [0.5, 0.6) is 17.2 Å². The SMILES string of the molecule is COc1ccc(/C=C/C(=O)Nc2cc(Cl)ccc2Cl)c(OC)c1OC. The molecule has 0 radical (unpaired) electrons. The predicted octanol–water partition coefficient (Wildman–Crippen LogP) is 4.67. The maximum Gasteiger partial charge on any atom is 0.248 e. The first-order chi connectivity index (χ1) is 12.0. The van der Waals surface area contributed by atoms with E-state index in [1.807, 2.05) is 0 Å². The van der Waals surface area contributed by atoms with Gasteiger partial charge in [-0.2, -0.15) is 0 Å². The molecule has 0 aliphatic heterocycles. The van der Waals surface area contributed by atoms with E-state index in [0.29, 0.717) is 38.5 Å². The molecule has 0 bridgehead atoms. The molecule has 0 heterocycles. The Morgan fingerprint density at radius 1 is 1.00 bits per heavy atom. The first-order valence-electron chi connectivity index (χ1n) is 7.23. The van der Waals surface area contributed by atoms with Crippen LogP contribution >= 0.6 is 23.2 Å². The molecule has 0 saturated heterocycles. The van der Waals surface area contributed by atoms with E-state index in [4.69, 9.17) is 37.4 Å². The highest BCUT2D eigenvalue weighted by Crippen LogP contribution is 2.40. The van der Waals surface area contributed by atoms with Crippen LogP contribution in [0.3, 0.4) is 0 Å². The highest BCUT2D eigenvalue weighted by Gasteiger charge is 2.14. The van der Waals surface area contributed by atoms with Crippen molar-refractivity contribution in [3.8, 4) is 17.2 Å². The Labute approximate surface area is 156 Å². The molecule has 7 heteroatoms. The minimum absolute atomic E-state index is 0.360. The number of carbonyl (C=O) groups excluding carboxylic acids is 1. The van der Waals surface area contributed by atoms with Gasteiger partial charge in [0.05, 0.1) is 32.0 Å². The lowest BCUT2D eigenvalue weighted by molar-refractivity contribution is -0.111. The monoisotopic (exact) mass is 381 g/mol. The fourth-order valence-electron chi connectivity index (χ4n) is 2.19. The first-order valence-corrected chi connectivity index (χ1v) is 7.98. The van der Waals surface area contributed by atoms with Gasteiger partial charge < -0.3 is 19.5 Å². The Kier molecular flexibility index (Phi) is 6.56. The number of anilines is 1. The van der Waals surface area contributed by atoms with Gasteiger partial charge in [-0.05, 0) is 36.4 Å². The van der Waals surface area contributed by atoms with Crippen LogP contribution in [0.1, 0.15) is 5.56 Å². The number of hydrogen-bond acceptors (Lipinski definition) is 4. The Morgan fingerprint density at radius 2 is 1.72 bits per heavy atom. The van der Waals surface area contributed by atoms with Gasteiger partial charge in [0.1, 0.15) is 0 Å². The molecule has 0 aliphatic rings. The van der Waals surface area contributed by atoms with Crippen molar-refractivity contribution in [3.05, 3.63) is 52.0 Å². The average Bonchev–Trinajstić information content (AvgIpc) is 2.61. The second-order valence-electron chi connectivity index (χ2n) is 4.87. The van der Waals surface area contributed by atoms with Crippen LogP contribution in [0.15, 0.2) is 36.4 Å². The van der Waals surface area contributed by atoms with Crippen molar-refractivity contribution in [1.82, 2.24) is 0 Å². The summed E-state index contributed by atoms with van der Waals surface area (Å²) in [6.07, 6.45) is 2.97. The minimum Gasteiger partial charge on any atom is -0.493 e. The molecular weight excluding hydrogens is 365 g/mol. The zero-order valence-electron chi connectivity index (χ0n) is 13.9. The van der Waals surface area contributed by atoms with Gasteiger partial charge in [0.25, 0.3) is 0 Å². The summed E-state index contributed by atoms with van der Waals surface area (Å²) in [6.45, 7) is 0. The van der Waals surface area contributed by atoms with Crippen molar-refractivity contribution < 1.29 is 19.0 Å². The molecule has 0 aliphatic carbocycles. The molecule has 0 fully saturated rings. The van der Waals surface area contributed by atoms with Gasteiger partial charge in [-0.1, -0.05) is 23.2 Å². The van der Waals surface area contributed by atoms with E-state index in [2.05, 4.69) is 5.32 Å². The minimum atomic E-state index is -0.360. The standard InChI is InChI=1S/C18H17Cl2NO4/c1-23-15-8-4-11(17(24-2)18(15)25-3)5-9-16(22)21-14-10-12(19)6-7-13(14)20/h4-10H,1-3H3,(H,21,22)/b9-5+. The molecule has 0 spiro atoms. The summed E-state index contributed by atoms with van der Waals surface area (Å²) < 4.78 is 15.9. The van der Waals surface area contributed by atoms with Crippen LogP contribution in [0, 0.1) is 0 Å². The number of amides is 1. The van der Waals surface area contributed by atoms with Crippen LogP contribution in [-0.4, -0.2) is 27.2 Å². The molecule has 0 unspecified atom stereocenters. The third-order valence-corrected chi connectivity index (χ3v) is 3.90. The Balaban J connectivity index is 2.23. The molecule has 2 aromatic carbocycles. The fourth-order valence-corrected chi connectivity index (χ4v) is 2.53. The number of methoxy groups -OCH3 is 3. The van der Waals surface area contributed by atoms with Gasteiger partial charge in [-0.3, -0.25) is 4.79 Å². The normalized spacial score (nSPS) is 10.6. The highest BCUT2D eigenvalue weighted by molar-refractivity contribution is 6.35. The quantitative estimate of drug-likeness (QED) is 0.738. The van der Waals surface area contributed by atoms with Gasteiger partial charge in [-0.25, -0.2) is 0 Å². The fraction of sp³-hybridized carbons (Fsp3) is 0.167. The van der Waals surface area contributed by atoms with Crippen molar-refractivity contribution in [2.24, 2.45) is 0 Å². The topological polar surface area (TPSA) is 56.8 Å². The zero-order valence-corrected chi connectivity index (χ0v) is 15.4. The number of carbonyl (C=O) groups is 1. The first kappa shape index (κ1) is 19.0.